The fourth-order valence-corrected chi connectivity index (χ4v) is 2.53. The molecule has 1 N–H and O–H groups in total. The highest BCUT2D eigenvalue weighted by Crippen LogP contribution is 2.26. The van der Waals surface area contributed by atoms with Gasteiger partial charge in [0.2, 0.25) is 0 Å². The summed E-state index contributed by atoms with van der Waals surface area (Å²) in [6, 6.07) is 14.7. The van der Waals surface area contributed by atoms with Crippen LogP contribution in [0.4, 0.5) is 5.69 Å². The number of aliphatic carboxylic acids is 1. The summed E-state index contributed by atoms with van der Waals surface area (Å²) in [7, 11) is 0. The lowest BCUT2D eigenvalue weighted by molar-refractivity contribution is -0.146. The number of anilines is 1. The minimum Gasteiger partial charge on any atom is -0.481 e. The van der Waals surface area contributed by atoms with Gasteiger partial charge in [0.25, 0.3) is 0 Å². The van der Waals surface area contributed by atoms with E-state index in [0.29, 0.717) is 6.42 Å². The lowest BCUT2D eigenvalue weighted by Crippen LogP contribution is -2.22. The average molecular weight is 335 g/mol. The van der Waals surface area contributed by atoms with Crippen molar-refractivity contribution in [2.45, 2.75) is 27.2 Å². The van der Waals surface area contributed by atoms with Gasteiger partial charge in [-0.15, -0.1) is 0 Å². The summed E-state index contributed by atoms with van der Waals surface area (Å²) in [5.41, 5.74) is 0.407. The zero-order chi connectivity index (χ0) is 18.3. The van der Waals surface area contributed by atoms with E-state index in [1.54, 1.807) is 13.8 Å². The molecule has 0 saturated carbocycles. The first-order valence-electron chi connectivity index (χ1n) is 8.55. The molecule has 0 saturated heterocycles. The summed E-state index contributed by atoms with van der Waals surface area (Å²) in [4.78, 5) is 13.3. The van der Waals surface area contributed by atoms with Crippen LogP contribution >= 0.6 is 0 Å². The molecule has 3 heteroatoms. The van der Waals surface area contributed by atoms with Crippen molar-refractivity contribution in [1.82, 2.24) is 0 Å². The van der Waals surface area contributed by atoms with Crippen LogP contribution in [0.5, 0.6) is 0 Å². The van der Waals surface area contributed by atoms with Gasteiger partial charge >= 0.3 is 5.97 Å². The quantitative estimate of drug-likeness (QED) is 0.776. The number of carboxylic acids is 1. The van der Waals surface area contributed by atoms with Crippen LogP contribution in [0.2, 0.25) is 0 Å². The molecule has 0 heterocycles. The van der Waals surface area contributed by atoms with E-state index in [2.05, 4.69) is 66.1 Å². The third-order valence-electron chi connectivity index (χ3n) is 4.23. The first-order chi connectivity index (χ1) is 12.0. The first-order valence-corrected chi connectivity index (χ1v) is 8.55. The van der Waals surface area contributed by atoms with Crippen LogP contribution < -0.4 is 4.90 Å². The van der Waals surface area contributed by atoms with Crippen molar-refractivity contribution in [2.24, 2.45) is 5.41 Å². The lowest BCUT2D eigenvalue weighted by Gasteiger charge is -2.23. The molecule has 0 fully saturated rings. The standard InChI is InChI=1S/C22H25NO2/c1-4-23(17-10-6-5-9-16-22(2,3)21(24)25)20-15-11-13-18-12-7-8-14-19(18)20/h6-8,10-15H,4,16-17H2,1-3H3,(H,24,25). The van der Waals surface area contributed by atoms with Crippen molar-refractivity contribution in [1.29, 1.82) is 0 Å². The monoisotopic (exact) mass is 335 g/mol. The predicted octanol–water partition coefficient (Wildman–Crippen LogP) is 4.73. The molecule has 0 unspecified atom stereocenters. The summed E-state index contributed by atoms with van der Waals surface area (Å²) >= 11 is 0. The maximum Gasteiger partial charge on any atom is 0.310 e. The SMILES string of the molecule is CCN(CC=CC#CCC(C)(C)C(=O)O)c1cccc2ccccc12. The van der Waals surface area contributed by atoms with Gasteiger partial charge in [0.1, 0.15) is 0 Å². The fraction of sp³-hybridized carbons (Fsp3) is 0.318. The van der Waals surface area contributed by atoms with Gasteiger partial charge in [0.15, 0.2) is 0 Å². The molecule has 2 rings (SSSR count). The Hall–Kier alpha value is -2.73. The second-order valence-electron chi connectivity index (χ2n) is 6.63. The molecule has 130 valence electrons. The Bertz CT molecular complexity index is 819. The molecule has 0 aliphatic carbocycles. The number of carboxylic acid groups (broad SMARTS) is 1. The largest absolute Gasteiger partial charge is 0.481 e. The number of hydrogen-bond acceptors (Lipinski definition) is 2. The first kappa shape index (κ1) is 18.6. The van der Waals surface area contributed by atoms with Crippen LogP contribution in [0.3, 0.4) is 0 Å². The number of allylic oxidation sites excluding steroid dienone is 1. The van der Waals surface area contributed by atoms with Crippen molar-refractivity contribution in [3.63, 3.8) is 0 Å². The Morgan fingerprint density at radius 2 is 1.92 bits per heavy atom. The maximum absolute atomic E-state index is 11.0. The Kier molecular flexibility index (Phi) is 6.25. The number of hydrogen-bond donors (Lipinski definition) is 1. The molecule has 0 radical (unpaired) electrons. The summed E-state index contributed by atoms with van der Waals surface area (Å²) < 4.78 is 0. The highest BCUT2D eigenvalue weighted by atomic mass is 16.4. The van der Waals surface area contributed by atoms with E-state index in [0.717, 1.165) is 13.1 Å². The van der Waals surface area contributed by atoms with Gasteiger partial charge in [0, 0.05) is 30.6 Å². The summed E-state index contributed by atoms with van der Waals surface area (Å²) in [6.45, 7) is 7.18. The van der Waals surface area contributed by atoms with Gasteiger partial charge in [-0.1, -0.05) is 54.3 Å². The fourth-order valence-electron chi connectivity index (χ4n) is 2.53. The van der Waals surface area contributed by atoms with Gasteiger partial charge in [-0.25, -0.2) is 0 Å². The average Bonchev–Trinajstić information content (AvgIpc) is 2.60. The normalized spacial score (nSPS) is 11.3. The van der Waals surface area contributed by atoms with Gasteiger partial charge in [-0.05, 0) is 38.3 Å². The van der Waals surface area contributed by atoms with E-state index in [1.807, 2.05) is 12.2 Å². The third-order valence-corrected chi connectivity index (χ3v) is 4.23. The number of rotatable bonds is 6. The number of nitrogens with zero attached hydrogens (tertiary/aromatic N) is 1. The van der Waals surface area contributed by atoms with Gasteiger partial charge < -0.3 is 10.0 Å². The molecule has 0 bridgehead atoms. The Labute approximate surface area is 150 Å². The van der Waals surface area contributed by atoms with Crippen LogP contribution in [-0.2, 0) is 4.79 Å². The van der Waals surface area contributed by atoms with Gasteiger partial charge in [0.05, 0.1) is 5.41 Å². The maximum atomic E-state index is 11.0. The molecule has 2 aromatic carbocycles. The van der Waals surface area contributed by atoms with E-state index in [9.17, 15) is 4.79 Å². The second-order valence-corrected chi connectivity index (χ2v) is 6.63. The van der Waals surface area contributed by atoms with Crippen LogP contribution in [0.1, 0.15) is 27.2 Å². The van der Waals surface area contributed by atoms with Crippen molar-refractivity contribution >= 4 is 22.4 Å². The summed E-state index contributed by atoms with van der Waals surface area (Å²) in [5, 5.41) is 11.5. The highest BCUT2D eigenvalue weighted by molar-refractivity contribution is 5.94. The molecule has 0 atom stereocenters. The molecule has 0 spiro atoms. The topological polar surface area (TPSA) is 40.5 Å². The van der Waals surface area contributed by atoms with E-state index in [-0.39, 0.29) is 0 Å². The smallest absolute Gasteiger partial charge is 0.310 e. The zero-order valence-electron chi connectivity index (χ0n) is 15.1. The van der Waals surface area contributed by atoms with E-state index in [4.69, 9.17) is 5.11 Å². The highest BCUT2D eigenvalue weighted by Gasteiger charge is 2.25. The van der Waals surface area contributed by atoms with Crippen LogP contribution in [0.15, 0.2) is 54.6 Å². The minimum atomic E-state index is -0.820. The van der Waals surface area contributed by atoms with E-state index in [1.165, 1.54) is 16.5 Å². The Balaban J connectivity index is 2.05. The number of benzene rings is 2. The zero-order valence-corrected chi connectivity index (χ0v) is 15.1. The molecule has 25 heavy (non-hydrogen) atoms. The molecular formula is C22H25NO2. The number of likely N-dealkylation sites (N-methyl/N-ethyl adjacent to an activating group) is 1. The molecule has 0 amide bonds. The summed E-state index contributed by atoms with van der Waals surface area (Å²) in [5.74, 6) is 5.06. The number of carbonyl (C=O) groups is 1. The molecule has 0 aromatic heterocycles. The van der Waals surface area contributed by atoms with Crippen LogP contribution in [0.25, 0.3) is 10.8 Å². The van der Waals surface area contributed by atoms with E-state index < -0.39 is 11.4 Å². The van der Waals surface area contributed by atoms with Crippen molar-refractivity contribution in [3.8, 4) is 11.8 Å². The molecule has 3 nitrogen and oxygen atoms in total. The van der Waals surface area contributed by atoms with Crippen LogP contribution in [-0.4, -0.2) is 24.2 Å². The minimum absolute atomic E-state index is 0.341. The molecular weight excluding hydrogens is 310 g/mol. The molecule has 0 aliphatic heterocycles. The van der Waals surface area contributed by atoms with Gasteiger partial charge in [-0.2, -0.15) is 0 Å². The van der Waals surface area contributed by atoms with Crippen molar-refractivity contribution < 1.29 is 9.90 Å². The summed E-state index contributed by atoms with van der Waals surface area (Å²) in [6.07, 6.45) is 4.17. The molecule has 2 aromatic rings. The number of fused-ring (bicyclic) bond motifs is 1. The van der Waals surface area contributed by atoms with Crippen molar-refractivity contribution in [3.05, 3.63) is 54.6 Å². The van der Waals surface area contributed by atoms with E-state index >= 15 is 0 Å². The predicted molar refractivity (Wildman–Crippen MR) is 105 cm³/mol. The lowest BCUT2D eigenvalue weighted by atomic mass is 9.90. The second kappa shape index (κ2) is 8.39. The van der Waals surface area contributed by atoms with Crippen molar-refractivity contribution in [2.75, 3.05) is 18.0 Å². The molecule has 0 aliphatic rings. The third kappa shape index (κ3) is 4.87. The van der Waals surface area contributed by atoms with Crippen LogP contribution in [0, 0.1) is 17.3 Å². The Morgan fingerprint density at radius 1 is 1.20 bits per heavy atom. The van der Waals surface area contributed by atoms with Gasteiger partial charge in [-0.3, -0.25) is 4.79 Å². The Morgan fingerprint density at radius 3 is 2.64 bits per heavy atom.